The van der Waals surface area contributed by atoms with Crippen LogP contribution in [0.25, 0.3) is 10.9 Å². The first-order valence-electron chi connectivity index (χ1n) is 11.1. The number of benzene rings is 1. The normalized spacial score (nSPS) is 26.7. The number of methoxy groups -OCH3 is 1. The predicted octanol–water partition coefficient (Wildman–Crippen LogP) is 3.75. The molecule has 0 aliphatic carbocycles. The van der Waals surface area contributed by atoms with Crippen LogP contribution in [0.5, 0.6) is 5.75 Å². The molecule has 3 aliphatic rings. The molecule has 3 saturated heterocycles. The minimum atomic E-state index is -3.52. The summed E-state index contributed by atoms with van der Waals surface area (Å²) < 4.78 is 31.2. The fourth-order valence-electron chi connectivity index (χ4n) is 5.09. The molecule has 2 unspecified atom stereocenters. The second-order valence-electron chi connectivity index (χ2n) is 8.80. The molecule has 2 bridgehead atoms. The minimum Gasteiger partial charge on any atom is -0.497 e. The third-order valence-corrected chi connectivity index (χ3v) is 8.62. The minimum absolute atomic E-state index is 0.0436. The molecular formula is C24H32N2O4S. The molecule has 0 radical (unpaired) electrons. The van der Waals surface area contributed by atoms with Crippen molar-refractivity contribution in [2.75, 3.05) is 26.0 Å². The number of aromatic nitrogens is 1. The molecule has 6 nitrogen and oxygen atoms in total. The predicted molar refractivity (Wildman–Crippen MR) is 122 cm³/mol. The smallest absolute Gasteiger partial charge is 0.195 e. The van der Waals surface area contributed by atoms with Crippen molar-refractivity contribution in [1.29, 1.82) is 0 Å². The molecule has 31 heavy (non-hydrogen) atoms. The highest BCUT2D eigenvalue weighted by Gasteiger charge is 2.42. The first kappa shape index (κ1) is 22.2. The SMILES string of the molecule is C=C[C@H]1CN2CCC1C[C@H]2[C@H](O)c1cc(S(=O)(=O)CCCC)nc2ccc(OC)cc12. The molecule has 4 heterocycles. The zero-order valence-corrected chi connectivity index (χ0v) is 19.1. The number of hydrogen-bond donors (Lipinski definition) is 1. The third-order valence-electron chi connectivity index (χ3n) is 6.95. The number of ether oxygens (including phenoxy) is 1. The van der Waals surface area contributed by atoms with Gasteiger partial charge in [-0.25, -0.2) is 13.4 Å². The Labute approximate surface area is 184 Å². The Hall–Kier alpha value is -1.96. The van der Waals surface area contributed by atoms with Crippen molar-refractivity contribution in [3.63, 3.8) is 0 Å². The largest absolute Gasteiger partial charge is 0.497 e. The van der Waals surface area contributed by atoms with Gasteiger partial charge in [0.25, 0.3) is 0 Å². The molecule has 3 aliphatic heterocycles. The van der Waals surface area contributed by atoms with Crippen LogP contribution in [0.2, 0.25) is 0 Å². The van der Waals surface area contributed by atoms with E-state index in [0.717, 1.165) is 37.7 Å². The Morgan fingerprint density at radius 1 is 1.39 bits per heavy atom. The fourth-order valence-corrected chi connectivity index (χ4v) is 6.51. The van der Waals surface area contributed by atoms with Crippen LogP contribution in [-0.2, 0) is 9.84 Å². The lowest BCUT2D eigenvalue weighted by Crippen LogP contribution is -2.54. The van der Waals surface area contributed by atoms with Crippen LogP contribution in [-0.4, -0.2) is 55.4 Å². The molecule has 0 amide bonds. The average molecular weight is 445 g/mol. The summed E-state index contributed by atoms with van der Waals surface area (Å²) >= 11 is 0. The lowest BCUT2D eigenvalue weighted by molar-refractivity contribution is -0.0445. The summed E-state index contributed by atoms with van der Waals surface area (Å²) in [5, 5.41) is 12.3. The van der Waals surface area contributed by atoms with E-state index in [1.807, 2.05) is 19.1 Å². The van der Waals surface area contributed by atoms with Gasteiger partial charge in [0.2, 0.25) is 0 Å². The van der Waals surface area contributed by atoms with Crippen LogP contribution in [0, 0.1) is 11.8 Å². The van der Waals surface area contributed by atoms with E-state index in [-0.39, 0.29) is 16.8 Å². The number of aliphatic hydroxyl groups is 1. The Morgan fingerprint density at radius 3 is 2.84 bits per heavy atom. The molecule has 168 valence electrons. The van der Waals surface area contributed by atoms with Gasteiger partial charge in [-0.1, -0.05) is 19.4 Å². The maximum absolute atomic E-state index is 12.9. The number of unbranched alkanes of at least 4 members (excludes halogenated alkanes) is 1. The van der Waals surface area contributed by atoms with Crippen LogP contribution >= 0.6 is 0 Å². The Bertz CT molecular complexity index is 1070. The highest BCUT2D eigenvalue weighted by molar-refractivity contribution is 7.91. The highest BCUT2D eigenvalue weighted by atomic mass is 32.2. The van der Waals surface area contributed by atoms with E-state index in [9.17, 15) is 13.5 Å². The van der Waals surface area contributed by atoms with Crippen molar-refractivity contribution in [1.82, 2.24) is 9.88 Å². The Kier molecular flexibility index (Phi) is 6.37. The lowest BCUT2D eigenvalue weighted by Gasteiger charge is -2.50. The number of piperidine rings is 3. The summed E-state index contributed by atoms with van der Waals surface area (Å²) in [5.74, 6) is 1.68. The van der Waals surface area contributed by atoms with E-state index in [0.29, 0.717) is 35.1 Å². The van der Waals surface area contributed by atoms with Gasteiger partial charge in [-0.15, -0.1) is 6.58 Å². The molecule has 3 fully saturated rings. The molecule has 1 aromatic heterocycles. The van der Waals surface area contributed by atoms with Gasteiger partial charge in [0, 0.05) is 18.0 Å². The standard InChI is InChI=1S/C24H32N2O4S/c1-4-6-11-31(28,29)23-14-20(19-13-18(30-3)7-8-21(19)25-23)24(27)22-12-17-9-10-26(22)15-16(17)5-2/h5,7-8,13-14,16-17,22,24,27H,2,4,6,9-12,15H2,1,3H3/t16-,17?,22-,24+/m0/s1. The molecule has 0 saturated carbocycles. The average Bonchev–Trinajstić information content (AvgIpc) is 2.81. The molecule has 7 heteroatoms. The Balaban J connectivity index is 1.78. The van der Waals surface area contributed by atoms with Crippen LogP contribution in [0.1, 0.15) is 44.3 Å². The van der Waals surface area contributed by atoms with E-state index in [1.165, 1.54) is 0 Å². The van der Waals surface area contributed by atoms with Crippen molar-refractivity contribution in [3.8, 4) is 5.75 Å². The van der Waals surface area contributed by atoms with E-state index >= 15 is 0 Å². The number of pyridine rings is 1. The Morgan fingerprint density at radius 2 is 2.19 bits per heavy atom. The van der Waals surface area contributed by atoms with Crippen LogP contribution in [0.4, 0.5) is 0 Å². The lowest BCUT2D eigenvalue weighted by atomic mass is 9.73. The monoisotopic (exact) mass is 444 g/mol. The van der Waals surface area contributed by atoms with Gasteiger partial charge >= 0.3 is 0 Å². The van der Waals surface area contributed by atoms with E-state index < -0.39 is 15.9 Å². The van der Waals surface area contributed by atoms with Crippen molar-refractivity contribution in [2.45, 2.75) is 49.8 Å². The van der Waals surface area contributed by atoms with Crippen LogP contribution < -0.4 is 4.74 Å². The topological polar surface area (TPSA) is 79.7 Å². The number of sulfone groups is 1. The number of hydrogen-bond acceptors (Lipinski definition) is 6. The second kappa shape index (κ2) is 8.88. The van der Waals surface area contributed by atoms with Gasteiger partial charge in [-0.05, 0) is 67.5 Å². The molecular weight excluding hydrogens is 412 g/mol. The summed E-state index contributed by atoms with van der Waals surface area (Å²) in [4.78, 5) is 6.78. The van der Waals surface area contributed by atoms with E-state index in [2.05, 4.69) is 16.5 Å². The molecule has 1 aromatic carbocycles. The number of nitrogens with zero attached hydrogens (tertiary/aromatic N) is 2. The van der Waals surface area contributed by atoms with Crippen LogP contribution in [0.3, 0.4) is 0 Å². The summed E-state index contributed by atoms with van der Waals surface area (Å²) in [6.45, 7) is 7.78. The highest BCUT2D eigenvalue weighted by Crippen LogP contribution is 2.42. The quantitative estimate of drug-likeness (QED) is 0.625. The summed E-state index contributed by atoms with van der Waals surface area (Å²) in [6, 6.07) is 6.93. The van der Waals surface area contributed by atoms with Crippen molar-refractivity contribution in [3.05, 3.63) is 42.5 Å². The number of aliphatic hydroxyl groups excluding tert-OH is 1. The third kappa shape index (κ3) is 4.23. The van der Waals surface area contributed by atoms with E-state index in [4.69, 9.17) is 4.74 Å². The fraction of sp³-hybridized carbons (Fsp3) is 0.542. The van der Waals surface area contributed by atoms with Crippen molar-refractivity contribution in [2.24, 2.45) is 11.8 Å². The van der Waals surface area contributed by atoms with Gasteiger partial charge in [0.05, 0.1) is 24.5 Å². The zero-order chi connectivity index (χ0) is 22.2. The zero-order valence-electron chi connectivity index (χ0n) is 18.3. The van der Waals surface area contributed by atoms with E-state index in [1.54, 1.807) is 25.3 Å². The summed E-state index contributed by atoms with van der Waals surface area (Å²) in [5.41, 5.74) is 1.18. The molecule has 5 rings (SSSR count). The molecule has 2 aromatic rings. The van der Waals surface area contributed by atoms with Gasteiger partial charge in [0.15, 0.2) is 14.9 Å². The number of fused-ring (bicyclic) bond motifs is 4. The maximum Gasteiger partial charge on any atom is 0.195 e. The maximum atomic E-state index is 12.9. The molecule has 0 spiro atoms. The summed E-state index contributed by atoms with van der Waals surface area (Å²) in [7, 11) is -1.93. The molecule has 1 N–H and O–H groups in total. The summed E-state index contributed by atoms with van der Waals surface area (Å²) in [6.07, 6.45) is 4.60. The first-order valence-corrected chi connectivity index (χ1v) is 12.8. The van der Waals surface area contributed by atoms with Gasteiger partial charge in [-0.2, -0.15) is 0 Å². The first-order chi connectivity index (χ1) is 14.9. The number of rotatable bonds is 8. The van der Waals surface area contributed by atoms with Crippen molar-refractivity contribution >= 4 is 20.7 Å². The van der Waals surface area contributed by atoms with Gasteiger partial charge < -0.3 is 9.84 Å². The van der Waals surface area contributed by atoms with Crippen LogP contribution in [0.15, 0.2) is 41.9 Å². The molecule has 5 atom stereocenters. The van der Waals surface area contributed by atoms with Gasteiger partial charge in [0.1, 0.15) is 5.75 Å². The van der Waals surface area contributed by atoms with Crippen molar-refractivity contribution < 1.29 is 18.3 Å². The van der Waals surface area contributed by atoms with Gasteiger partial charge in [-0.3, -0.25) is 4.90 Å². The second-order valence-corrected chi connectivity index (χ2v) is 10.9.